The first-order chi connectivity index (χ1) is 20.4. The van der Waals surface area contributed by atoms with E-state index in [1.54, 1.807) is 17.1 Å². The van der Waals surface area contributed by atoms with Crippen LogP contribution in [-0.4, -0.2) is 83.5 Å². The van der Waals surface area contributed by atoms with E-state index in [0.717, 1.165) is 37.7 Å². The van der Waals surface area contributed by atoms with Crippen molar-refractivity contribution in [1.82, 2.24) is 10.2 Å². The predicted molar refractivity (Wildman–Crippen MR) is 160 cm³/mol. The normalized spacial score (nSPS) is 43.7. The van der Waals surface area contributed by atoms with Gasteiger partial charge >= 0.3 is 0 Å². The molecule has 0 bridgehead atoms. The molecule has 1 amide bonds. The third kappa shape index (κ3) is 4.89. The first kappa shape index (κ1) is 31.1. The lowest BCUT2D eigenvalue weighted by atomic mass is 9.46. The molecule has 2 unspecified atom stereocenters. The van der Waals surface area contributed by atoms with E-state index >= 15 is 0 Å². The Morgan fingerprint density at radius 3 is 2.79 bits per heavy atom. The van der Waals surface area contributed by atoms with Crippen LogP contribution in [0.3, 0.4) is 0 Å². The van der Waals surface area contributed by atoms with Crippen LogP contribution in [0.25, 0.3) is 0 Å². The van der Waals surface area contributed by atoms with E-state index in [1.807, 2.05) is 19.9 Å². The molecule has 0 radical (unpaired) electrons. The van der Waals surface area contributed by atoms with Crippen LogP contribution in [0.1, 0.15) is 86.0 Å². The third-order valence-corrected chi connectivity index (χ3v) is 11.8. The maximum absolute atomic E-state index is 14.4. The summed E-state index contributed by atoms with van der Waals surface area (Å²) in [5.74, 6) is 0.119. The third-order valence-electron chi connectivity index (χ3n) is 11.8. The molecule has 3 saturated carbocycles. The van der Waals surface area contributed by atoms with Crippen molar-refractivity contribution < 1.29 is 33.7 Å². The zero-order valence-corrected chi connectivity index (χ0v) is 26.5. The van der Waals surface area contributed by atoms with Gasteiger partial charge in [0.2, 0.25) is 5.91 Å². The fourth-order valence-corrected chi connectivity index (χ4v) is 9.99. The van der Waals surface area contributed by atoms with Crippen LogP contribution >= 0.6 is 0 Å². The first-order valence-electron chi connectivity index (χ1n) is 16.6. The number of aliphatic hydroxyl groups is 1. The zero-order valence-electron chi connectivity index (χ0n) is 26.5. The van der Waals surface area contributed by atoms with Gasteiger partial charge in [0.05, 0.1) is 18.2 Å². The van der Waals surface area contributed by atoms with Crippen LogP contribution in [0.15, 0.2) is 23.8 Å². The highest BCUT2D eigenvalue weighted by Crippen LogP contribution is 2.69. The highest BCUT2D eigenvalue weighted by Gasteiger charge is 2.75. The van der Waals surface area contributed by atoms with Crippen LogP contribution < -0.4 is 5.32 Å². The van der Waals surface area contributed by atoms with E-state index in [1.165, 1.54) is 0 Å². The van der Waals surface area contributed by atoms with Crippen LogP contribution in [0, 0.1) is 28.6 Å². The fraction of sp³-hybridized carbons (Fsp3) is 0.794. The summed E-state index contributed by atoms with van der Waals surface area (Å²) in [5, 5.41) is 15.2. The Bertz CT molecular complexity index is 1200. The smallest absolute Gasteiger partial charge is 0.241 e. The molecule has 10 atom stereocenters. The summed E-state index contributed by atoms with van der Waals surface area (Å²) in [6.07, 6.45) is 9.90. The average molecular weight is 599 g/mol. The minimum atomic E-state index is -1.22. The number of Topliss-reactive ketones (excluding diaryl/α,β-unsaturated/α-hetero) is 1. The molecule has 0 spiro atoms. The number of ketones is 2. The standard InChI is InChI=1S/C34H50N2O7/c1-6-8-29-42-28-16-24-23-11-10-21-15-22(37)12-13-32(21,4)30(23)26(38)17-33(24,5)34(28,43-29)27(39)18-41-19-36-14-7-9-25(31(36)40)35-20(2)3/h12-13,15,20,23-26,28-30,35,38H,6-11,14,16-19H2,1-5H3/t23-,24-,25?,26-,28+,29?,30+,32-,33-,34+/m0/s1. The lowest BCUT2D eigenvalue weighted by Crippen LogP contribution is -2.63. The van der Waals surface area contributed by atoms with Crippen LogP contribution in [0.2, 0.25) is 0 Å². The van der Waals surface area contributed by atoms with Crippen LogP contribution in [0.5, 0.6) is 0 Å². The molecule has 9 nitrogen and oxygen atoms in total. The minimum absolute atomic E-state index is 0.0129. The van der Waals surface area contributed by atoms with E-state index in [-0.39, 0.29) is 66.1 Å². The number of nitrogens with zero attached hydrogens (tertiary/aromatic N) is 1. The van der Waals surface area contributed by atoms with E-state index in [2.05, 4.69) is 26.1 Å². The van der Waals surface area contributed by atoms with Gasteiger partial charge in [-0.2, -0.15) is 0 Å². The monoisotopic (exact) mass is 598 g/mol. The number of nitrogens with one attached hydrogen (secondary N) is 1. The highest BCUT2D eigenvalue weighted by atomic mass is 16.7. The van der Waals surface area contributed by atoms with Crippen molar-refractivity contribution in [3.63, 3.8) is 0 Å². The molecule has 2 saturated heterocycles. The van der Waals surface area contributed by atoms with Gasteiger partial charge in [-0.25, -0.2) is 0 Å². The Morgan fingerprint density at radius 2 is 2.05 bits per heavy atom. The molecule has 4 aliphatic carbocycles. The van der Waals surface area contributed by atoms with Gasteiger partial charge in [0.1, 0.15) is 13.3 Å². The number of ether oxygens (including phenoxy) is 3. The number of likely N-dealkylation sites (tertiary alicyclic amines) is 1. The lowest BCUT2D eigenvalue weighted by Gasteiger charge is -2.59. The molecule has 9 heteroatoms. The van der Waals surface area contributed by atoms with E-state index in [9.17, 15) is 19.5 Å². The maximum atomic E-state index is 14.4. The minimum Gasteiger partial charge on any atom is -0.393 e. The molecular formula is C34H50N2O7. The molecule has 0 aromatic carbocycles. The maximum Gasteiger partial charge on any atom is 0.241 e. The average Bonchev–Trinajstić information content (AvgIpc) is 3.43. The first-order valence-corrected chi connectivity index (χ1v) is 16.6. The Hall–Kier alpha value is -1.91. The van der Waals surface area contributed by atoms with E-state index < -0.39 is 29.5 Å². The molecule has 0 aromatic heterocycles. The molecule has 2 heterocycles. The van der Waals surface area contributed by atoms with Gasteiger partial charge in [0.25, 0.3) is 0 Å². The number of aliphatic hydroxyl groups excluding tert-OH is 1. The number of hydrogen-bond acceptors (Lipinski definition) is 8. The zero-order chi connectivity index (χ0) is 30.7. The molecule has 2 aliphatic heterocycles. The number of piperidine rings is 1. The van der Waals surface area contributed by atoms with Gasteiger partial charge in [0, 0.05) is 29.3 Å². The summed E-state index contributed by atoms with van der Waals surface area (Å²) in [7, 11) is 0. The van der Waals surface area contributed by atoms with Gasteiger partial charge < -0.3 is 29.5 Å². The second-order valence-electron chi connectivity index (χ2n) is 14.7. The van der Waals surface area contributed by atoms with Gasteiger partial charge in [-0.15, -0.1) is 0 Å². The summed E-state index contributed by atoms with van der Waals surface area (Å²) < 4.78 is 19.2. The molecular weight excluding hydrogens is 548 g/mol. The second kappa shape index (κ2) is 11.5. The summed E-state index contributed by atoms with van der Waals surface area (Å²) in [5.41, 5.74) is -1.13. The number of fused-ring (bicyclic) bond motifs is 7. The van der Waals surface area contributed by atoms with E-state index in [4.69, 9.17) is 14.2 Å². The Labute approximate surface area is 255 Å². The van der Waals surface area contributed by atoms with Crippen molar-refractivity contribution in [2.75, 3.05) is 19.9 Å². The van der Waals surface area contributed by atoms with Crippen molar-refractivity contribution >= 4 is 17.5 Å². The van der Waals surface area contributed by atoms with Crippen molar-refractivity contribution in [3.8, 4) is 0 Å². The topological polar surface area (TPSA) is 114 Å². The Kier molecular flexibility index (Phi) is 8.29. The number of allylic oxidation sites excluding steroid dienone is 4. The van der Waals surface area contributed by atoms with Gasteiger partial charge in [-0.1, -0.05) is 52.7 Å². The fourth-order valence-electron chi connectivity index (χ4n) is 9.99. The number of carbonyl (C=O) groups is 3. The second-order valence-corrected chi connectivity index (χ2v) is 14.7. The van der Waals surface area contributed by atoms with Gasteiger partial charge in [-0.3, -0.25) is 14.4 Å². The van der Waals surface area contributed by atoms with Gasteiger partial charge in [-0.05, 0) is 68.9 Å². The van der Waals surface area contributed by atoms with Crippen molar-refractivity contribution in [2.45, 2.75) is 122 Å². The lowest BCUT2D eigenvalue weighted by molar-refractivity contribution is -0.202. The summed E-state index contributed by atoms with van der Waals surface area (Å²) in [4.78, 5) is 41.3. The largest absolute Gasteiger partial charge is 0.393 e. The predicted octanol–water partition coefficient (Wildman–Crippen LogP) is 3.69. The summed E-state index contributed by atoms with van der Waals surface area (Å²) in [6.45, 7) is 10.9. The van der Waals surface area contributed by atoms with Crippen LogP contribution in [-0.2, 0) is 28.6 Å². The molecule has 6 aliphatic rings. The Balaban J connectivity index is 1.23. The Morgan fingerprint density at radius 1 is 1.26 bits per heavy atom. The number of rotatable bonds is 9. The van der Waals surface area contributed by atoms with Crippen molar-refractivity contribution in [1.29, 1.82) is 0 Å². The molecule has 43 heavy (non-hydrogen) atoms. The summed E-state index contributed by atoms with van der Waals surface area (Å²) in [6, 6.07) is -0.0242. The quantitative estimate of drug-likeness (QED) is 0.413. The molecule has 6 rings (SSSR count). The van der Waals surface area contributed by atoms with Crippen molar-refractivity contribution in [2.24, 2.45) is 28.6 Å². The highest BCUT2D eigenvalue weighted by molar-refractivity contribution is 6.01. The molecule has 2 N–H and O–H groups in total. The molecule has 0 aromatic rings. The van der Waals surface area contributed by atoms with Gasteiger partial charge in [0.15, 0.2) is 23.5 Å². The summed E-state index contributed by atoms with van der Waals surface area (Å²) >= 11 is 0. The number of carbonyl (C=O) groups excluding carboxylic acids is 3. The van der Waals surface area contributed by atoms with Crippen LogP contribution in [0.4, 0.5) is 0 Å². The molecule has 5 fully saturated rings. The van der Waals surface area contributed by atoms with E-state index in [0.29, 0.717) is 25.8 Å². The number of amides is 1. The molecule has 238 valence electrons. The van der Waals surface area contributed by atoms with Crippen molar-refractivity contribution in [3.05, 3.63) is 23.8 Å². The number of hydrogen-bond donors (Lipinski definition) is 2. The SMILES string of the molecule is CCCC1O[C@@H]2C[C@H]3[C@@H]4CCC5=CC(=O)C=C[C@]5(C)[C@H]4[C@@H](O)C[C@]3(C)[C@]2(C(=O)COCN2CCCC(NC(C)C)C2=O)O1.